The lowest BCUT2D eigenvalue weighted by Gasteiger charge is -2.18. The van der Waals surface area contributed by atoms with Crippen molar-refractivity contribution < 1.29 is 37.9 Å². The number of aliphatic hydroxyl groups excluding tert-OH is 2. The molecule has 12 heteroatoms. The molecule has 2 aromatic carbocycles. The highest BCUT2D eigenvalue weighted by Gasteiger charge is 2.27. The Morgan fingerprint density at radius 3 is 2.39 bits per heavy atom. The molecule has 0 aromatic heterocycles. The van der Waals surface area contributed by atoms with E-state index in [1.165, 1.54) is 12.1 Å². The van der Waals surface area contributed by atoms with Gasteiger partial charge in [-0.1, -0.05) is 19.0 Å². The van der Waals surface area contributed by atoms with Crippen LogP contribution in [0, 0.1) is 26.9 Å². The molecule has 0 saturated heterocycles. The van der Waals surface area contributed by atoms with Crippen molar-refractivity contribution in [3.63, 3.8) is 0 Å². The Morgan fingerprint density at radius 1 is 1.09 bits per heavy atom. The third-order valence-corrected chi connectivity index (χ3v) is 4.84. The van der Waals surface area contributed by atoms with Crippen LogP contribution in [-0.2, 0) is 9.68 Å². The number of amides is 1. The van der Waals surface area contributed by atoms with E-state index in [0.717, 1.165) is 6.07 Å². The number of anilines is 2. The summed E-state index contributed by atoms with van der Waals surface area (Å²) in [5, 5.41) is 23.9. The Morgan fingerprint density at radius 2 is 1.79 bits per heavy atom. The quantitative estimate of drug-likeness (QED) is 0.140. The molecular formula is C21H23F3IN3O5. The van der Waals surface area contributed by atoms with Gasteiger partial charge in [-0.2, -0.15) is 0 Å². The lowest BCUT2D eigenvalue weighted by Crippen LogP contribution is -2.27. The first-order valence-electron chi connectivity index (χ1n) is 9.79. The molecule has 0 bridgehead atoms. The second-order valence-corrected chi connectivity index (χ2v) is 8.16. The maximum atomic E-state index is 15.2. The number of nitrogens with one attached hydrogen (secondary N) is 2. The Bertz CT molecular complexity index is 1020. The third-order valence-electron chi connectivity index (χ3n) is 4.17. The van der Waals surface area contributed by atoms with E-state index in [2.05, 4.69) is 10.5 Å². The molecule has 0 aliphatic rings. The van der Waals surface area contributed by atoms with Crippen molar-refractivity contribution in [2.24, 2.45) is 11.1 Å². The lowest BCUT2D eigenvalue weighted by atomic mass is 9.96. The summed E-state index contributed by atoms with van der Waals surface area (Å²) in [5.41, 5.74) is 0.425. The highest BCUT2D eigenvalue weighted by Crippen LogP contribution is 2.31. The zero-order valence-corrected chi connectivity index (χ0v) is 20.0. The van der Waals surface area contributed by atoms with Crippen molar-refractivity contribution in [1.29, 1.82) is 0 Å². The van der Waals surface area contributed by atoms with E-state index in [-0.39, 0.29) is 36.8 Å². The summed E-state index contributed by atoms with van der Waals surface area (Å²) in [7, 11) is 0. The molecule has 0 aliphatic heterocycles. The summed E-state index contributed by atoms with van der Waals surface area (Å²) >= 11 is 1.89. The Labute approximate surface area is 201 Å². The van der Waals surface area contributed by atoms with Crippen molar-refractivity contribution in [1.82, 2.24) is 5.48 Å². The van der Waals surface area contributed by atoms with Crippen molar-refractivity contribution in [3.05, 3.63) is 56.4 Å². The average molecular weight is 581 g/mol. The van der Waals surface area contributed by atoms with Crippen LogP contribution < -0.4 is 10.8 Å². The van der Waals surface area contributed by atoms with E-state index >= 15 is 8.78 Å². The Kier molecular flexibility index (Phi) is 10.3. The van der Waals surface area contributed by atoms with Gasteiger partial charge in [-0.05, 0) is 52.8 Å². The van der Waals surface area contributed by atoms with Gasteiger partial charge in [0.15, 0.2) is 11.6 Å². The second kappa shape index (κ2) is 12.7. The van der Waals surface area contributed by atoms with Crippen molar-refractivity contribution >= 4 is 45.6 Å². The minimum atomic E-state index is -1.45. The van der Waals surface area contributed by atoms with Gasteiger partial charge in [0.25, 0.3) is 5.91 Å². The summed E-state index contributed by atoms with van der Waals surface area (Å²) in [6.07, 6.45) is 0. The topological polar surface area (TPSA) is 112 Å². The number of rotatable bonds is 11. The predicted octanol–water partition coefficient (Wildman–Crippen LogP) is 3.47. The number of hydrogen-bond donors (Lipinski definition) is 4. The molecule has 0 fully saturated rings. The zero-order chi connectivity index (χ0) is 24.5. The monoisotopic (exact) mass is 581 g/mol. The van der Waals surface area contributed by atoms with Crippen LogP contribution in [0.3, 0.4) is 0 Å². The summed E-state index contributed by atoms with van der Waals surface area (Å²) in [6, 6.07) is 5.07. The number of hydroxylamine groups is 1. The van der Waals surface area contributed by atoms with E-state index < -0.39 is 47.1 Å². The predicted molar refractivity (Wildman–Crippen MR) is 124 cm³/mol. The van der Waals surface area contributed by atoms with E-state index in [0.29, 0.717) is 3.57 Å². The van der Waals surface area contributed by atoms with E-state index in [1.54, 1.807) is 19.9 Å². The first-order chi connectivity index (χ1) is 15.7. The number of carbonyl (C=O) groups excluding carboxylic acids is 1. The van der Waals surface area contributed by atoms with Crippen LogP contribution in [0.25, 0.3) is 0 Å². The molecule has 0 aliphatic carbocycles. The highest BCUT2D eigenvalue weighted by atomic mass is 127. The summed E-state index contributed by atoms with van der Waals surface area (Å²) < 4.78 is 45.3. The van der Waals surface area contributed by atoms with E-state index in [9.17, 15) is 9.18 Å². The molecule has 2 aromatic rings. The van der Waals surface area contributed by atoms with E-state index in [1.807, 2.05) is 28.1 Å². The largest absolute Gasteiger partial charge is 0.394 e. The summed E-state index contributed by atoms with van der Waals surface area (Å²) in [4.78, 5) is 22.4. The molecule has 0 unspecified atom stereocenters. The van der Waals surface area contributed by atoms with Gasteiger partial charge in [-0.3, -0.25) is 9.63 Å². The van der Waals surface area contributed by atoms with Crippen LogP contribution in [-0.4, -0.2) is 48.3 Å². The standard InChI is InChI=1S/C21H23F3IN3O5/c1-11(2)19(27-32-7-5-29)13-10-14(21(31)28-33-8-6-30)20(18(24)17(13)23)26-16-4-3-12(25)9-15(16)22/h3-4,9-11,26,29-30H,5-8H2,1-2H3,(H,28,31)/b27-19+. The number of halogens is 4. The fourth-order valence-corrected chi connectivity index (χ4v) is 3.13. The molecule has 180 valence electrons. The number of nitrogens with zero attached hydrogens (tertiary/aromatic N) is 1. The van der Waals surface area contributed by atoms with Gasteiger partial charge in [0.05, 0.1) is 42.5 Å². The molecule has 1 amide bonds. The van der Waals surface area contributed by atoms with Crippen LogP contribution in [0.2, 0.25) is 0 Å². The van der Waals surface area contributed by atoms with Gasteiger partial charge in [-0.15, -0.1) is 0 Å². The fraction of sp³-hybridized carbons (Fsp3) is 0.333. The number of oxime groups is 1. The van der Waals surface area contributed by atoms with Gasteiger partial charge in [0, 0.05) is 9.13 Å². The number of carbonyl (C=O) groups is 1. The zero-order valence-electron chi connectivity index (χ0n) is 17.8. The molecule has 8 nitrogen and oxygen atoms in total. The first kappa shape index (κ1) is 26.8. The number of benzene rings is 2. The molecule has 0 saturated carbocycles. The van der Waals surface area contributed by atoms with Crippen molar-refractivity contribution in [2.75, 3.05) is 31.7 Å². The molecular weight excluding hydrogens is 558 g/mol. The normalized spacial score (nSPS) is 11.6. The van der Waals surface area contributed by atoms with Gasteiger partial charge in [-0.25, -0.2) is 18.7 Å². The molecule has 0 radical (unpaired) electrons. The smallest absolute Gasteiger partial charge is 0.277 e. The van der Waals surface area contributed by atoms with Crippen LogP contribution in [0.4, 0.5) is 24.5 Å². The summed E-state index contributed by atoms with van der Waals surface area (Å²) in [6.45, 7) is 2.14. The molecule has 2 rings (SSSR count). The molecule has 0 spiro atoms. The Hall–Kier alpha value is -2.42. The highest BCUT2D eigenvalue weighted by molar-refractivity contribution is 14.1. The second-order valence-electron chi connectivity index (χ2n) is 6.92. The molecule has 0 atom stereocenters. The minimum Gasteiger partial charge on any atom is -0.394 e. The van der Waals surface area contributed by atoms with Crippen molar-refractivity contribution in [3.8, 4) is 0 Å². The molecule has 4 N–H and O–H groups in total. The summed E-state index contributed by atoms with van der Waals surface area (Å²) in [5.74, 6) is -4.96. The van der Waals surface area contributed by atoms with Crippen LogP contribution in [0.15, 0.2) is 29.4 Å². The minimum absolute atomic E-state index is 0.0165. The molecule has 0 heterocycles. The maximum absolute atomic E-state index is 15.2. The maximum Gasteiger partial charge on any atom is 0.277 e. The fourth-order valence-electron chi connectivity index (χ4n) is 2.68. The average Bonchev–Trinajstić information content (AvgIpc) is 2.76. The molecule has 33 heavy (non-hydrogen) atoms. The van der Waals surface area contributed by atoms with Crippen LogP contribution >= 0.6 is 22.6 Å². The van der Waals surface area contributed by atoms with Crippen molar-refractivity contribution in [2.45, 2.75) is 13.8 Å². The van der Waals surface area contributed by atoms with Crippen LogP contribution in [0.1, 0.15) is 29.8 Å². The number of aliphatic hydroxyl groups is 2. The SMILES string of the molecule is CC(C)/C(=N\OCCO)c1cc(C(=O)NOCCO)c(Nc2ccc(I)cc2F)c(F)c1F. The number of hydrogen-bond acceptors (Lipinski definition) is 7. The Balaban J connectivity index is 2.63. The van der Waals surface area contributed by atoms with Crippen LogP contribution in [0.5, 0.6) is 0 Å². The third kappa shape index (κ3) is 7.03. The van der Waals surface area contributed by atoms with Gasteiger partial charge >= 0.3 is 0 Å². The first-order valence-corrected chi connectivity index (χ1v) is 10.9. The lowest BCUT2D eigenvalue weighted by molar-refractivity contribution is 0.0168. The van der Waals surface area contributed by atoms with Gasteiger partial charge in [0.2, 0.25) is 0 Å². The van der Waals surface area contributed by atoms with E-state index in [4.69, 9.17) is 19.9 Å². The van der Waals surface area contributed by atoms with Gasteiger partial charge in [0.1, 0.15) is 12.4 Å². The van der Waals surface area contributed by atoms with Gasteiger partial charge < -0.3 is 20.4 Å².